The van der Waals surface area contributed by atoms with E-state index in [2.05, 4.69) is 5.32 Å². The van der Waals surface area contributed by atoms with Crippen LogP contribution >= 0.6 is 0 Å². The Bertz CT molecular complexity index is 380. The number of hydrogen-bond acceptors (Lipinski definition) is 3. The highest BCUT2D eigenvalue weighted by Gasteiger charge is 2.25. The molecule has 0 atom stereocenters. The van der Waals surface area contributed by atoms with E-state index >= 15 is 0 Å². The monoisotopic (exact) mass is 263 g/mol. The first kappa shape index (κ1) is 14.6. The Morgan fingerprint density at radius 1 is 1.17 bits per heavy atom. The Morgan fingerprint density at radius 3 is 2.44 bits per heavy atom. The van der Waals surface area contributed by atoms with Gasteiger partial charge in [0.1, 0.15) is 0 Å². The molecule has 0 aromatic heterocycles. The van der Waals surface area contributed by atoms with Crippen LogP contribution in [0.1, 0.15) is 12.0 Å². The summed E-state index contributed by atoms with van der Waals surface area (Å²) in [5, 5.41) is 2.73. The lowest BCUT2D eigenvalue weighted by molar-refractivity contribution is -0.133. The van der Waals surface area contributed by atoms with Crippen LogP contribution in [0.4, 0.5) is 13.2 Å². The Labute approximate surface area is 104 Å². The maximum absolute atomic E-state index is 12.0. The van der Waals surface area contributed by atoms with Gasteiger partial charge in [-0.2, -0.15) is 13.2 Å². The van der Waals surface area contributed by atoms with Gasteiger partial charge in [0.05, 0.1) is 20.6 Å². The molecule has 1 aromatic carbocycles. The third-order valence-electron chi connectivity index (χ3n) is 2.39. The van der Waals surface area contributed by atoms with Gasteiger partial charge in [-0.15, -0.1) is 0 Å². The summed E-state index contributed by atoms with van der Waals surface area (Å²) in [6.07, 6.45) is -4.98. The Kier molecular flexibility index (Phi) is 5.27. The number of halogens is 3. The quantitative estimate of drug-likeness (QED) is 0.800. The summed E-state index contributed by atoms with van der Waals surface area (Å²) in [5.41, 5.74) is 0.763. The summed E-state index contributed by atoms with van der Waals surface area (Å²) in [7, 11) is 3.01. The lowest BCUT2D eigenvalue weighted by Crippen LogP contribution is -2.21. The van der Waals surface area contributed by atoms with Crippen LogP contribution in [-0.2, 0) is 6.54 Å². The van der Waals surface area contributed by atoms with Gasteiger partial charge in [0.25, 0.3) is 0 Å². The van der Waals surface area contributed by atoms with Crippen molar-refractivity contribution >= 4 is 0 Å². The van der Waals surface area contributed by atoms with E-state index in [0.717, 1.165) is 5.56 Å². The first-order chi connectivity index (χ1) is 8.48. The van der Waals surface area contributed by atoms with Crippen LogP contribution in [0.5, 0.6) is 11.5 Å². The van der Waals surface area contributed by atoms with E-state index in [1.807, 2.05) is 0 Å². The van der Waals surface area contributed by atoms with Gasteiger partial charge in [-0.1, -0.05) is 12.1 Å². The molecule has 0 amide bonds. The number of methoxy groups -OCH3 is 2. The van der Waals surface area contributed by atoms with Crippen LogP contribution in [0.25, 0.3) is 0 Å². The molecule has 6 heteroatoms. The Hall–Kier alpha value is -1.43. The van der Waals surface area contributed by atoms with Gasteiger partial charge in [0, 0.05) is 18.7 Å². The summed E-state index contributed by atoms with van der Waals surface area (Å²) in [4.78, 5) is 0. The van der Waals surface area contributed by atoms with Crippen molar-refractivity contribution in [1.82, 2.24) is 5.32 Å². The highest BCUT2D eigenvalue weighted by Crippen LogP contribution is 2.30. The average Bonchev–Trinajstić information content (AvgIpc) is 2.32. The smallest absolute Gasteiger partial charge is 0.390 e. The lowest BCUT2D eigenvalue weighted by atomic mass is 10.2. The molecule has 0 aliphatic carbocycles. The molecule has 1 rings (SSSR count). The van der Waals surface area contributed by atoms with Gasteiger partial charge in [-0.3, -0.25) is 0 Å². The van der Waals surface area contributed by atoms with Crippen LogP contribution in [0, 0.1) is 0 Å². The SMILES string of the molecule is COc1cccc(CNCCC(F)(F)F)c1OC. The molecule has 0 aliphatic rings. The van der Waals surface area contributed by atoms with E-state index in [4.69, 9.17) is 9.47 Å². The van der Waals surface area contributed by atoms with Crippen molar-refractivity contribution < 1.29 is 22.6 Å². The number of para-hydroxylation sites is 1. The second-order valence-corrected chi connectivity index (χ2v) is 3.69. The predicted octanol–water partition coefficient (Wildman–Crippen LogP) is 2.75. The van der Waals surface area contributed by atoms with Crippen LogP contribution < -0.4 is 14.8 Å². The van der Waals surface area contributed by atoms with Gasteiger partial charge in [0.2, 0.25) is 0 Å². The van der Waals surface area contributed by atoms with Crippen LogP contribution in [0.3, 0.4) is 0 Å². The van der Waals surface area contributed by atoms with Crippen molar-refractivity contribution in [3.63, 3.8) is 0 Å². The number of nitrogens with one attached hydrogen (secondary N) is 1. The molecule has 1 N–H and O–H groups in total. The third-order valence-corrected chi connectivity index (χ3v) is 2.39. The molecule has 0 radical (unpaired) electrons. The Morgan fingerprint density at radius 2 is 1.89 bits per heavy atom. The number of ether oxygens (including phenoxy) is 2. The molecule has 0 spiro atoms. The van der Waals surface area contributed by atoms with Gasteiger partial charge in [0.15, 0.2) is 11.5 Å². The fraction of sp³-hybridized carbons (Fsp3) is 0.500. The maximum Gasteiger partial charge on any atom is 0.390 e. The lowest BCUT2D eigenvalue weighted by Gasteiger charge is -2.13. The minimum Gasteiger partial charge on any atom is -0.493 e. The van der Waals surface area contributed by atoms with Crippen molar-refractivity contribution in [3.8, 4) is 11.5 Å². The minimum absolute atomic E-state index is 0.121. The van der Waals surface area contributed by atoms with Crippen molar-refractivity contribution in [2.75, 3.05) is 20.8 Å². The largest absolute Gasteiger partial charge is 0.493 e. The van der Waals surface area contributed by atoms with Gasteiger partial charge in [-0.25, -0.2) is 0 Å². The molecule has 0 saturated heterocycles. The molecular formula is C12H16F3NO2. The topological polar surface area (TPSA) is 30.5 Å². The summed E-state index contributed by atoms with van der Waals surface area (Å²) in [5.74, 6) is 1.10. The van der Waals surface area contributed by atoms with Crippen LogP contribution in [0.2, 0.25) is 0 Å². The fourth-order valence-corrected chi connectivity index (χ4v) is 1.55. The molecule has 18 heavy (non-hydrogen) atoms. The second-order valence-electron chi connectivity index (χ2n) is 3.69. The maximum atomic E-state index is 12.0. The summed E-state index contributed by atoms with van der Waals surface area (Å²) in [6, 6.07) is 5.28. The van der Waals surface area contributed by atoms with Crippen LogP contribution in [-0.4, -0.2) is 26.9 Å². The first-order valence-corrected chi connectivity index (χ1v) is 5.45. The molecule has 102 valence electrons. The third kappa shape index (κ3) is 4.44. The van der Waals surface area contributed by atoms with Gasteiger partial charge in [-0.05, 0) is 6.07 Å². The molecule has 0 heterocycles. The van der Waals surface area contributed by atoms with E-state index in [0.29, 0.717) is 18.0 Å². The van der Waals surface area contributed by atoms with E-state index in [-0.39, 0.29) is 6.54 Å². The standard InChI is InChI=1S/C12H16F3NO2/c1-17-10-5-3-4-9(11(10)18-2)8-16-7-6-12(13,14)15/h3-5,16H,6-8H2,1-2H3. The predicted molar refractivity (Wildman–Crippen MR) is 61.9 cm³/mol. The van der Waals surface area contributed by atoms with E-state index < -0.39 is 12.6 Å². The number of rotatable bonds is 6. The second kappa shape index (κ2) is 6.49. The molecule has 1 aromatic rings. The van der Waals surface area contributed by atoms with Crippen LogP contribution in [0.15, 0.2) is 18.2 Å². The van der Waals surface area contributed by atoms with Crippen molar-refractivity contribution in [1.29, 1.82) is 0 Å². The van der Waals surface area contributed by atoms with Crippen molar-refractivity contribution in [2.24, 2.45) is 0 Å². The average molecular weight is 263 g/mol. The molecule has 3 nitrogen and oxygen atoms in total. The van der Waals surface area contributed by atoms with Gasteiger partial charge >= 0.3 is 6.18 Å². The molecule has 0 bridgehead atoms. The zero-order valence-electron chi connectivity index (χ0n) is 10.3. The van der Waals surface area contributed by atoms with E-state index in [9.17, 15) is 13.2 Å². The molecule has 0 unspecified atom stereocenters. The van der Waals surface area contributed by atoms with Crippen molar-refractivity contribution in [2.45, 2.75) is 19.1 Å². The zero-order chi connectivity index (χ0) is 13.6. The van der Waals surface area contributed by atoms with Crippen molar-refractivity contribution in [3.05, 3.63) is 23.8 Å². The van der Waals surface area contributed by atoms with Gasteiger partial charge < -0.3 is 14.8 Å². The number of alkyl halides is 3. The Balaban J connectivity index is 2.57. The summed E-state index contributed by atoms with van der Waals surface area (Å²) in [6.45, 7) is 0.181. The summed E-state index contributed by atoms with van der Waals surface area (Å²) < 4.78 is 46.2. The normalized spacial score (nSPS) is 11.4. The number of benzene rings is 1. The van der Waals surface area contributed by atoms with E-state index in [1.165, 1.54) is 14.2 Å². The highest BCUT2D eigenvalue weighted by atomic mass is 19.4. The first-order valence-electron chi connectivity index (χ1n) is 5.45. The molecule has 0 fully saturated rings. The number of hydrogen-bond donors (Lipinski definition) is 1. The molecule has 0 saturated carbocycles. The highest BCUT2D eigenvalue weighted by molar-refractivity contribution is 5.46. The molecular weight excluding hydrogens is 247 g/mol. The van der Waals surface area contributed by atoms with E-state index in [1.54, 1.807) is 18.2 Å². The molecule has 0 aliphatic heterocycles. The zero-order valence-corrected chi connectivity index (χ0v) is 10.3. The fourth-order valence-electron chi connectivity index (χ4n) is 1.55. The summed E-state index contributed by atoms with van der Waals surface area (Å²) >= 11 is 0. The minimum atomic E-state index is -4.13.